The number of rotatable bonds is 7. The third kappa shape index (κ3) is 4.96. The minimum Gasteiger partial charge on any atom is -0.494 e. The number of anilines is 1. The van der Waals surface area contributed by atoms with Gasteiger partial charge >= 0.3 is 6.09 Å². The monoisotopic (exact) mass is 453 g/mol. The average Bonchev–Trinajstić information content (AvgIpc) is 3.19. The quantitative estimate of drug-likeness (QED) is 0.492. The van der Waals surface area contributed by atoms with E-state index in [-0.39, 0.29) is 5.91 Å². The third-order valence-electron chi connectivity index (χ3n) is 5.75. The van der Waals surface area contributed by atoms with Crippen molar-refractivity contribution in [2.24, 2.45) is 0 Å². The molecule has 2 amide bonds. The van der Waals surface area contributed by atoms with E-state index in [0.29, 0.717) is 42.7 Å². The molecule has 0 spiro atoms. The summed E-state index contributed by atoms with van der Waals surface area (Å²) in [6.07, 6.45) is 1.42. The van der Waals surface area contributed by atoms with Crippen LogP contribution >= 0.6 is 11.3 Å². The molecule has 0 atom stereocenters. The Morgan fingerprint density at radius 2 is 1.84 bits per heavy atom. The van der Waals surface area contributed by atoms with Crippen molar-refractivity contribution in [2.45, 2.75) is 25.3 Å². The molecule has 3 N–H and O–H groups in total. The molecular formula is C24H27N3O4S. The number of amides is 2. The van der Waals surface area contributed by atoms with Crippen LogP contribution in [0, 0.1) is 0 Å². The molecule has 3 aromatic rings. The number of fused-ring (bicyclic) bond motifs is 1. The van der Waals surface area contributed by atoms with Gasteiger partial charge in [0.25, 0.3) is 5.91 Å². The first-order valence-electron chi connectivity index (χ1n) is 10.7. The number of carboxylic acid groups (broad SMARTS) is 1. The zero-order chi connectivity index (χ0) is 22.5. The molecule has 0 saturated carbocycles. The van der Waals surface area contributed by atoms with Gasteiger partial charge in [0.1, 0.15) is 10.6 Å². The maximum atomic E-state index is 13.2. The van der Waals surface area contributed by atoms with E-state index in [1.165, 1.54) is 11.3 Å². The maximum absolute atomic E-state index is 13.2. The second kappa shape index (κ2) is 9.91. The summed E-state index contributed by atoms with van der Waals surface area (Å²) in [5.74, 6) is 0.718. The largest absolute Gasteiger partial charge is 0.494 e. The highest BCUT2D eigenvalue weighted by Gasteiger charge is 2.27. The lowest BCUT2D eigenvalue weighted by Crippen LogP contribution is -2.42. The fraction of sp³-hybridized carbons (Fsp3) is 0.333. The molecule has 1 aliphatic rings. The summed E-state index contributed by atoms with van der Waals surface area (Å²) >= 11 is 1.49. The molecular weight excluding hydrogens is 426 g/mol. The lowest BCUT2D eigenvalue weighted by molar-refractivity contribution is 0.0720. The number of hydrogen-bond donors (Lipinski definition) is 3. The van der Waals surface area contributed by atoms with Crippen molar-refractivity contribution in [2.75, 3.05) is 32.1 Å². The molecule has 7 nitrogen and oxygen atoms in total. The van der Waals surface area contributed by atoms with Crippen molar-refractivity contribution in [1.82, 2.24) is 10.2 Å². The van der Waals surface area contributed by atoms with Gasteiger partial charge in [0, 0.05) is 41.4 Å². The van der Waals surface area contributed by atoms with E-state index in [0.717, 1.165) is 34.2 Å². The Morgan fingerprint density at radius 1 is 1.12 bits per heavy atom. The molecule has 0 unspecified atom stereocenters. The summed E-state index contributed by atoms with van der Waals surface area (Å²) in [7, 11) is 1.62. The number of ether oxygens (including phenoxy) is 1. The van der Waals surface area contributed by atoms with Gasteiger partial charge in [-0.05, 0) is 49.1 Å². The number of thiophene rings is 1. The molecule has 1 aliphatic heterocycles. The topological polar surface area (TPSA) is 90.9 Å². The van der Waals surface area contributed by atoms with Crippen molar-refractivity contribution < 1.29 is 19.4 Å². The minimum atomic E-state index is -1.00. The molecule has 32 heavy (non-hydrogen) atoms. The Morgan fingerprint density at radius 3 is 2.53 bits per heavy atom. The lowest BCUT2D eigenvalue weighted by atomic mass is 10.0. The van der Waals surface area contributed by atoms with E-state index >= 15 is 0 Å². The van der Waals surface area contributed by atoms with E-state index in [4.69, 9.17) is 9.84 Å². The smallest absolute Gasteiger partial charge is 0.404 e. The number of nitrogens with one attached hydrogen (secondary N) is 2. The van der Waals surface area contributed by atoms with Gasteiger partial charge in [0.05, 0.1) is 7.11 Å². The van der Waals surface area contributed by atoms with Gasteiger partial charge in [0.15, 0.2) is 0 Å². The van der Waals surface area contributed by atoms with Crippen molar-refractivity contribution in [3.63, 3.8) is 0 Å². The highest BCUT2D eigenvalue weighted by Crippen LogP contribution is 2.38. The van der Waals surface area contributed by atoms with E-state index in [1.807, 2.05) is 53.4 Å². The van der Waals surface area contributed by atoms with E-state index in [2.05, 4.69) is 10.6 Å². The van der Waals surface area contributed by atoms with E-state index in [1.54, 1.807) is 7.11 Å². The van der Waals surface area contributed by atoms with Crippen molar-refractivity contribution in [1.29, 1.82) is 0 Å². The fourth-order valence-corrected chi connectivity index (χ4v) is 5.19. The molecule has 1 saturated heterocycles. The lowest BCUT2D eigenvalue weighted by Gasteiger charge is -2.32. The molecule has 1 fully saturated rings. The molecule has 2 aromatic carbocycles. The standard InChI is InChI=1S/C24H27N3O4S/c1-31-21-19-4-2-3-5-20(19)32-22(21)23(28)27-14-11-18(12-15-27)26-17-8-6-16(7-9-17)10-13-25-24(29)30/h2-9,18,25-26H,10-15H2,1H3,(H,29,30). The highest BCUT2D eigenvalue weighted by atomic mass is 32.1. The fourth-order valence-electron chi connectivity index (χ4n) is 4.05. The Bertz CT molecular complexity index is 1090. The molecule has 0 aliphatic carbocycles. The molecule has 0 radical (unpaired) electrons. The zero-order valence-electron chi connectivity index (χ0n) is 18.0. The predicted molar refractivity (Wildman–Crippen MR) is 127 cm³/mol. The number of carbonyl (C=O) groups is 2. The highest BCUT2D eigenvalue weighted by molar-refractivity contribution is 7.21. The van der Waals surface area contributed by atoms with Gasteiger partial charge in [-0.2, -0.15) is 0 Å². The van der Waals surface area contributed by atoms with Crippen LogP contribution in [0.3, 0.4) is 0 Å². The van der Waals surface area contributed by atoms with Crippen LogP contribution in [0.2, 0.25) is 0 Å². The van der Waals surface area contributed by atoms with Crippen LogP contribution in [0.4, 0.5) is 10.5 Å². The number of nitrogens with zero attached hydrogens (tertiary/aromatic N) is 1. The van der Waals surface area contributed by atoms with Crippen molar-refractivity contribution in [3.8, 4) is 5.75 Å². The van der Waals surface area contributed by atoms with Gasteiger partial charge in [-0.25, -0.2) is 4.79 Å². The maximum Gasteiger partial charge on any atom is 0.404 e. The van der Waals surface area contributed by atoms with Gasteiger partial charge in [-0.15, -0.1) is 11.3 Å². The first-order chi connectivity index (χ1) is 15.5. The van der Waals surface area contributed by atoms with Gasteiger partial charge in [0.2, 0.25) is 0 Å². The van der Waals surface area contributed by atoms with Crippen LogP contribution in [0.1, 0.15) is 28.1 Å². The van der Waals surface area contributed by atoms with Crippen molar-refractivity contribution in [3.05, 3.63) is 59.0 Å². The summed E-state index contributed by atoms with van der Waals surface area (Å²) < 4.78 is 6.64. The Hall–Kier alpha value is -3.26. The van der Waals surface area contributed by atoms with Gasteiger partial charge in [-0.1, -0.05) is 24.3 Å². The van der Waals surface area contributed by atoms with Crippen LogP contribution in [0.25, 0.3) is 10.1 Å². The Balaban J connectivity index is 1.31. The zero-order valence-corrected chi connectivity index (χ0v) is 18.8. The number of benzene rings is 2. The molecule has 168 valence electrons. The second-order valence-electron chi connectivity index (χ2n) is 7.85. The summed E-state index contributed by atoms with van der Waals surface area (Å²) in [5.41, 5.74) is 2.12. The normalized spacial score (nSPS) is 14.3. The van der Waals surface area contributed by atoms with Crippen LogP contribution in [0.15, 0.2) is 48.5 Å². The Kier molecular flexibility index (Phi) is 6.80. The average molecular weight is 454 g/mol. The van der Waals surface area contributed by atoms with Crippen LogP contribution in [-0.4, -0.2) is 54.8 Å². The third-order valence-corrected chi connectivity index (χ3v) is 6.89. The number of hydrogen-bond acceptors (Lipinski definition) is 5. The van der Waals surface area contributed by atoms with E-state index < -0.39 is 6.09 Å². The Labute approximate surface area is 191 Å². The summed E-state index contributed by atoms with van der Waals surface area (Å²) in [6.45, 7) is 1.80. The first kappa shape index (κ1) is 22.0. The van der Waals surface area contributed by atoms with Crippen LogP contribution in [0.5, 0.6) is 5.75 Å². The summed E-state index contributed by atoms with van der Waals surface area (Å²) in [6, 6.07) is 16.3. The van der Waals surface area contributed by atoms with Gasteiger partial charge < -0.3 is 25.4 Å². The first-order valence-corrected chi connectivity index (χ1v) is 11.5. The number of piperidine rings is 1. The van der Waals surface area contributed by atoms with Crippen molar-refractivity contribution >= 4 is 39.1 Å². The summed E-state index contributed by atoms with van der Waals surface area (Å²) in [5, 5.41) is 15.6. The number of methoxy groups -OCH3 is 1. The predicted octanol–water partition coefficient (Wildman–Crippen LogP) is 4.44. The molecule has 0 bridgehead atoms. The minimum absolute atomic E-state index is 0.0424. The molecule has 8 heteroatoms. The second-order valence-corrected chi connectivity index (χ2v) is 8.90. The van der Waals surface area contributed by atoms with E-state index in [9.17, 15) is 9.59 Å². The van der Waals surface area contributed by atoms with Crippen LogP contribution in [-0.2, 0) is 6.42 Å². The molecule has 1 aromatic heterocycles. The van der Waals surface area contributed by atoms with Crippen LogP contribution < -0.4 is 15.4 Å². The number of likely N-dealkylation sites (tertiary alicyclic amines) is 1. The number of carbonyl (C=O) groups excluding carboxylic acids is 1. The molecule has 2 heterocycles. The van der Waals surface area contributed by atoms with Gasteiger partial charge in [-0.3, -0.25) is 4.79 Å². The SMILES string of the molecule is COc1c(C(=O)N2CCC(Nc3ccc(CCNC(=O)O)cc3)CC2)sc2ccccc12. The molecule has 4 rings (SSSR count). The summed E-state index contributed by atoms with van der Waals surface area (Å²) in [4.78, 5) is 26.3.